The van der Waals surface area contributed by atoms with E-state index in [-0.39, 0.29) is 12.3 Å². The monoisotopic (exact) mass is 382 g/mol. The first-order chi connectivity index (χ1) is 13.6. The minimum absolute atomic E-state index is 0.0613. The van der Waals surface area contributed by atoms with Crippen molar-refractivity contribution in [2.24, 2.45) is 0 Å². The lowest BCUT2D eigenvalue weighted by Gasteiger charge is -2.17. The summed E-state index contributed by atoms with van der Waals surface area (Å²) in [4.78, 5) is 29.2. The number of hydrogen-bond acceptors (Lipinski definition) is 4. The number of Topliss-reactive ketones (excluding diaryl/α,β-unsaturated/α-hetero) is 1. The molecule has 0 bridgehead atoms. The highest BCUT2D eigenvalue weighted by Gasteiger charge is 2.28. The molecule has 0 fully saturated rings. The quantitative estimate of drug-likeness (QED) is 0.561. The standard InChI is InChI=1S/C22H23FN2O3/c1-2-8-18(20(26)22-25-17-11-6-7-12-19(17)28-22)24-21(27)16(23)14-13-15-9-4-3-5-10-15/h3-7,9-12,16,18H,2,8,13-14H2,1H3,(H,24,27)/t16-,18-/m0/s1. The van der Waals surface area contributed by atoms with Gasteiger partial charge in [-0.15, -0.1) is 0 Å². The third-order valence-electron chi connectivity index (χ3n) is 4.53. The summed E-state index contributed by atoms with van der Waals surface area (Å²) in [5.74, 6) is -1.29. The van der Waals surface area contributed by atoms with Gasteiger partial charge in [0, 0.05) is 0 Å². The second-order valence-electron chi connectivity index (χ2n) is 6.69. The first kappa shape index (κ1) is 19.7. The molecule has 146 valence electrons. The van der Waals surface area contributed by atoms with E-state index < -0.39 is 23.9 Å². The Balaban J connectivity index is 1.64. The lowest BCUT2D eigenvalue weighted by molar-refractivity contribution is -0.126. The molecule has 0 aliphatic rings. The molecule has 1 aromatic heterocycles. The average Bonchev–Trinajstić information content (AvgIpc) is 3.16. The second kappa shape index (κ2) is 9.26. The van der Waals surface area contributed by atoms with Crippen LogP contribution in [-0.2, 0) is 11.2 Å². The number of benzene rings is 2. The molecule has 5 nitrogen and oxygen atoms in total. The fourth-order valence-electron chi connectivity index (χ4n) is 3.02. The topological polar surface area (TPSA) is 72.2 Å². The molecule has 0 saturated heterocycles. The summed E-state index contributed by atoms with van der Waals surface area (Å²) in [6.45, 7) is 1.89. The van der Waals surface area contributed by atoms with E-state index in [0.717, 1.165) is 5.56 Å². The molecule has 1 N–H and O–H groups in total. The van der Waals surface area contributed by atoms with Crippen LogP contribution in [0.5, 0.6) is 0 Å². The van der Waals surface area contributed by atoms with Crippen molar-refractivity contribution in [3.05, 3.63) is 66.1 Å². The number of rotatable bonds is 9. The Bertz CT molecular complexity index is 906. The van der Waals surface area contributed by atoms with E-state index in [9.17, 15) is 14.0 Å². The molecule has 0 unspecified atom stereocenters. The van der Waals surface area contributed by atoms with E-state index in [1.165, 1.54) is 0 Å². The summed E-state index contributed by atoms with van der Waals surface area (Å²) in [6.07, 6.45) is -0.137. The zero-order valence-corrected chi connectivity index (χ0v) is 15.7. The van der Waals surface area contributed by atoms with Crippen LogP contribution in [0.2, 0.25) is 0 Å². The minimum atomic E-state index is -1.68. The first-order valence-electron chi connectivity index (χ1n) is 9.46. The number of carbonyl (C=O) groups is 2. The third-order valence-corrected chi connectivity index (χ3v) is 4.53. The highest BCUT2D eigenvalue weighted by Crippen LogP contribution is 2.17. The molecule has 3 rings (SSSR count). The van der Waals surface area contributed by atoms with Gasteiger partial charge < -0.3 is 9.73 Å². The molecule has 3 aromatic rings. The van der Waals surface area contributed by atoms with Crippen LogP contribution in [0.4, 0.5) is 4.39 Å². The fourth-order valence-corrected chi connectivity index (χ4v) is 3.02. The molecule has 1 amide bonds. The SMILES string of the molecule is CCC[C@H](NC(=O)[C@@H](F)CCc1ccccc1)C(=O)c1nc2ccccc2o1. The van der Waals surface area contributed by atoms with Gasteiger partial charge in [0.05, 0.1) is 6.04 Å². The Kier molecular flexibility index (Phi) is 6.53. The van der Waals surface area contributed by atoms with Crippen molar-refractivity contribution >= 4 is 22.8 Å². The molecule has 0 spiro atoms. The van der Waals surface area contributed by atoms with Crippen molar-refractivity contribution in [2.45, 2.75) is 44.8 Å². The summed E-state index contributed by atoms with van der Waals surface area (Å²) >= 11 is 0. The average molecular weight is 382 g/mol. The maximum absolute atomic E-state index is 14.4. The predicted molar refractivity (Wildman–Crippen MR) is 105 cm³/mol. The Morgan fingerprint density at radius 1 is 1.07 bits per heavy atom. The van der Waals surface area contributed by atoms with E-state index in [1.54, 1.807) is 24.3 Å². The lowest BCUT2D eigenvalue weighted by atomic mass is 10.0. The van der Waals surface area contributed by atoms with Crippen LogP contribution in [0.1, 0.15) is 42.4 Å². The molecule has 2 aromatic carbocycles. The summed E-state index contributed by atoms with van der Waals surface area (Å²) in [5, 5.41) is 2.53. The van der Waals surface area contributed by atoms with Gasteiger partial charge in [0.2, 0.25) is 5.78 Å². The number of aromatic nitrogens is 1. The van der Waals surface area contributed by atoms with Crippen LogP contribution < -0.4 is 5.32 Å². The van der Waals surface area contributed by atoms with Crippen LogP contribution in [0.25, 0.3) is 11.1 Å². The molecule has 0 aliphatic heterocycles. The van der Waals surface area contributed by atoms with Crippen molar-refractivity contribution in [1.29, 1.82) is 0 Å². The number of fused-ring (bicyclic) bond motifs is 1. The number of aryl methyl sites for hydroxylation is 1. The molecule has 0 radical (unpaired) electrons. The number of hydrogen-bond donors (Lipinski definition) is 1. The van der Waals surface area contributed by atoms with Crippen LogP contribution in [0.15, 0.2) is 59.0 Å². The van der Waals surface area contributed by atoms with Crippen LogP contribution >= 0.6 is 0 Å². The van der Waals surface area contributed by atoms with Gasteiger partial charge in [-0.1, -0.05) is 55.8 Å². The van der Waals surface area contributed by atoms with Gasteiger partial charge in [0.25, 0.3) is 11.8 Å². The number of para-hydroxylation sites is 2. The number of oxazole rings is 1. The molecule has 6 heteroatoms. The Hall–Kier alpha value is -3.02. The third kappa shape index (κ3) is 4.82. The van der Waals surface area contributed by atoms with Crippen molar-refractivity contribution in [3.63, 3.8) is 0 Å². The zero-order chi connectivity index (χ0) is 19.9. The van der Waals surface area contributed by atoms with E-state index in [2.05, 4.69) is 10.3 Å². The van der Waals surface area contributed by atoms with E-state index in [4.69, 9.17) is 4.42 Å². The number of halogens is 1. The van der Waals surface area contributed by atoms with Crippen LogP contribution in [0, 0.1) is 0 Å². The fraction of sp³-hybridized carbons (Fsp3) is 0.318. The van der Waals surface area contributed by atoms with Crippen LogP contribution in [0.3, 0.4) is 0 Å². The molecule has 1 heterocycles. The molecule has 0 aliphatic carbocycles. The van der Waals surface area contributed by atoms with E-state index >= 15 is 0 Å². The predicted octanol–water partition coefficient (Wildman–Crippen LogP) is 4.27. The molecule has 28 heavy (non-hydrogen) atoms. The molecule has 0 saturated carbocycles. The number of carbonyl (C=O) groups excluding carboxylic acids is 2. The zero-order valence-electron chi connectivity index (χ0n) is 15.7. The van der Waals surface area contributed by atoms with Gasteiger partial charge in [-0.25, -0.2) is 9.37 Å². The lowest BCUT2D eigenvalue weighted by Crippen LogP contribution is -2.44. The highest BCUT2D eigenvalue weighted by atomic mass is 19.1. The molecule has 2 atom stereocenters. The number of alkyl halides is 1. The van der Waals surface area contributed by atoms with Gasteiger partial charge in [-0.3, -0.25) is 9.59 Å². The Labute approximate surface area is 163 Å². The number of amides is 1. The second-order valence-corrected chi connectivity index (χ2v) is 6.69. The summed E-state index contributed by atoms with van der Waals surface area (Å²) in [6, 6.07) is 15.6. The Morgan fingerprint density at radius 3 is 2.50 bits per heavy atom. The van der Waals surface area contributed by atoms with Crippen molar-refractivity contribution < 1.29 is 18.4 Å². The van der Waals surface area contributed by atoms with Crippen molar-refractivity contribution in [2.75, 3.05) is 0 Å². The maximum atomic E-state index is 14.4. The normalized spacial score (nSPS) is 13.2. The van der Waals surface area contributed by atoms with Gasteiger partial charge in [0.15, 0.2) is 11.8 Å². The first-order valence-corrected chi connectivity index (χ1v) is 9.46. The summed E-state index contributed by atoms with van der Waals surface area (Å²) in [5.41, 5.74) is 2.03. The number of ketones is 1. The number of nitrogens with one attached hydrogen (secondary N) is 1. The maximum Gasteiger partial charge on any atom is 0.266 e. The van der Waals surface area contributed by atoms with Gasteiger partial charge in [-0.05, 0) is 37.0 Å². The number of nitrogens with zero attached hydrogens (tertiary/aromatic N) is 1. The summed E-state index contributed by atoms with van der Waals surface area (Å²) in [7, 11) is 0. The van der Waals surface area contributed by atoms with Crippen molar-refractivity contribution in [1.82, 2.24) is 10.3 Å². The van der Waals surface area contributed by atoms with Gasteiger partial charge >= 0.3 is 0 Å². The van der Waals surface area contributed by atoms with Gasteiger partial charge in [-0.2, -0.15) is 0 Å². The molecular weight excluding hydrogens is 359 g/mol. The van der Waals surface area contributed by atoms with Gasteiger partial charge in [0.1, 0.15) is 5.52 Å². The Morgan fingerprint density at radius 2 is 1.79 bits per heavy atom. The highest BCUT2D eigenvalue weighted by molar-refractivity contribution is 6.00. The largest absolute Gasteiger partial charge is 0.434 e. The smallest absolute Gasteiger partial charge is 0.266 e. The van der Waals surface area contributed by atoms with E-state index in [1.807, 2.05) is 37.3 Å². The van der Waals surface area contributed by atoms with Crippen LogP contribution in [-0.4, -0.2) is 28.9 Å². The summed E-state index contributed by atoms with van der Waals surface area (Å²) < 4.78 is 19.9. The van der Waals surface area contributed by atoms with Crippen molar-refractivity contribution in [3.8, 4) is 0 Å². The minimum Gasteiger partial charge on any atom is -0.434 e. The van der Waals surface area contributed by atoms with E-state index in [0.29, 0.717) is 30.4 Å². The molecular formula is C22H23FN2O3.